The molecule has 0 N–H and O–H groups in total. The van der Waals surface area contributed by atoms with Crippen LogP contribution < -0.4 is 5.76 Å². The first-order chi connectivity index (χ1) is 7.33. The fourth-order valence-corrected chi connectivity index (χ4v) is 1.56. The van der Waals surface area contributed by atoms with Crippen LogP contribution in [0.1, 0.15) is 0 Å². The number of benzene rings is 1. The highest BCUT2D eigenvalue weighted by molar-refractivity contribution is 6.18. The van der Waals surface area contributed by atoms with Gasteiger partial charge in [0.25, 0.3) is 0 Å². The standard InChI is InChI=1S/C11H10ClNO2/c12-7-3-4-8-13-9-5-1-2-6-10(9)15-11(13)14/h1-6H,7-8H2/b4-3+. The molecule has 0 fully saturated rings. The predicted molar refractivity (Wildman–Crippen MR) is 60.3 cm³/mol. The summed E-state index contributed by atoms with van der Waals surface area (Å²) < 4.78 is 6.64. The van der Waals surface area contributed by atoms with Crippen molar-refractivity contribution in [3.05, 3.63) is 47.0 Å². The maximum absolute atomic E-state index is 11.5. The van der Waals surface area contributed by atoms with E-state index < -0.39 is 0 Å². The Labute approximate surface area is 91.6 Å². The van der Waals surface area contributed by atoms with Gasteiger partial charge in [-0.25, -0.2) is 4.79 Å². The van der Waals surface area contributed by atoms with Crippen LogP contribution in [0.5, 0.6) is 0 Å². The lowest BCUT2D eigenvalue weighted by Gasteiger charge is -1.95. The van der Waals surface area contributed by atoms with Crippen molar-refractivity contribution in [3.8, 4) is 0 Å². The van der Waals surface area contributed by atoms with Crippen molar-refractivity contribution >= 4 is 22.7 Å². The smallest absolute Gasteiger partial charge is 0.408 e. The van der Waals surface area contributed by atoms with Gasteiger partial charge in [0.2, 0.25) is 0 Å². The van der Waals surface area contributed by atoms with E-state index in [0.717, 1.165) is 5.52 Å². The first-order valence-corrected chi connectivity index (χ1v) is 5.15. The minimum absolute atomic E-state index is 0.338. The summed E-state index contributed by atoms with van der Waals surface area (Å²) in [7, 11) is 0. The molecule has 2 rings (SSSR count). The van der Waals surface area contributed by atoms with Gasteiger partial charge in [0, 0.05) is 12.4 Å². The summed E-state index contributed by atoms with van der Waals surface area (Å²) in [6, 6.07) is 7.34. The van der Waals surface area contributed by atoms with E-state index in [2.05, 4.69) is 0 Å². The summed E-state index contributed by atoms with van der Waals surface area (Å²) in [6.45, 7) is 0.489. The second-order valence-electron chi connectivity index (χ2n) is 3.07. The third-order valence-corrected chi connectivity index (χ3v) is 2.30. The van der Waals surface area contributed by atoms with E-state index in [4.69, 9.17) is 16.0 Å². The summed E-state index contributed by atoms with van der Waals surface area (Å²) in [5.41, 5.74) is 1.42. The number of aromatic nitrogens is 1. The van der Waals surface area contributed by atoms with Gasteiger partial charge in [0.05, 0.1) is 5.52 Å². The Bertz CT molecular complexity index is 539. The lowest BCUT2D eigenvalue weighted by Crippen LogP contribution is -2.12. The third-order valence-electron chi connectivity index (χ3n) is 2.12. The topological polar surface area (TPSA) is 35.1 Å². The zero-order valence-corrected chi connectivity index (χ0v) is 8.78. The molecule has 0 saturated heterocycles. The number of halogens is 1. The van der Waals surface area contributed by atoms with Crippen LogP contribution in [0.25, 0.3) is 11.1 Å². The number of rotatable bonds is 3. The number of para-hydroxylation sites is 2. The number of allylic oxidation sites excluding steroid dienone is 2. The molecule has 0 amide bonds. The van der Waals surface area contributed by atoms with E-state index in [9.17, 15) is 4.79 Å². The second kappa shape index (κ2) is 4.36. The number of fused-ring (bicyclic) bond motifs is 1. The molecule has 0 atom stereocenters. The number of nitrogens with zero attached hydrogens (tertiary/aromatic N) is 1. The molecule has 1 aromatic heterocycles. The average molecular weight is 224 g/mol. The summed E-state index contributed by atoms with van der Waals surface area (Å²) in [6.07, 6.45) is 3.64. The molecule has 1 aromatic carbocycles. The Morgan fingerprint density at radius 3 is 2.93 bits per heavy atom. The molecule has 0 spiro atoms. The molecule has 2 aromatic rings. The van der Waals surface area contributed by atoms with Crippen LogP contribution in [0.4, 0.5) is 0 Å². The highest BCUT2D eigenvalue weighted by Gasteiger charge is 2.05. The van der Waals surface area contributed by atoms with Crippen LogP contribution in [0.15, 0.2) is 45.6 Å². The fourth-order valence-electron chi connectivity index (χ4n) is 1.43. The van der Waals surface area contributed by atoms with Crippen molar-refractivity contribution in [2.75, 3.05) is 5.88 Å². The van der Waals surface area contributed by atoms with Gasteiger partial charge >= 0.3 is 5.76 Å². The Balaban J connectivity index is 2.45. The van der Waals surface area contributed by atoms with Crippen LogP contribution in [-0.4, -0.2) is 10.4 Å². The van der Waals surface area contributed by atoms with Gasteiger partial charge in [-0.2, -0.15) is 0 Å². The second-order valence-corrected chi connectivity index (χ2v) is 3.38. The molecular formula is C11H10ClNO2. The number of hydrogen-bond acceptors (Lipinski definition) is 2. The van der Waals surface area contributed by atoms with Crippen molar-refractivity contribution in [3.63, 3.8) is 0 Å². The van der Waals surface area contributed by atoms with Gasteiger partial charge in [-0.3, -0.25) is 4.57 Å². The van der Waals surface area contributed by atoms with E-state index in [-0.39, 0.29) is 5.76 Å². The van der Waals surface area contributed by atoms with E-state index in [1.807, 2.05) is 24.3 Å². The van der Waals surface area contributed by atoms with Gasteiger partial charge in [-0.1, -0.05) is 24.3 Å². The first-order valence-electron chi connectivity index (χ1n) is 4.62. The van der Waals surface area contributed by atoms with Gasteiger partial charge in [0.1, 0.15) is 0 Å². The molecule has 15 heavy (non-hydrogen) atoms. The number of oxazole rings is 1. The summed E-state index contributed by atoms with van der Waals surface area (Å²) in [5, 5.41) is 0. The molecule has 0 radical (unpaired) electrons. The summed E-state index contributed by atoms with van der Waals surface area (Å²) >= 11 is 5.50. The van der Waals surface area contributed by atoms with E-state index in [1.54, 1.807) is 16.7 Å². The van der Waals surface area contributed by atoms with E-state index in [1.165, 1.54) is 0 Å². The van der Waals surface area contributed by atoms with Crippen molar-refractivity contribution in [1.29, 1.82) is 0 Å². The van der Waals surface area contributed by atoms with Gasteiger partial charge in [-0.05, 0) is 12.1 Å². The molecule has 0 saturated carbocycles. The average Bonchev–Trinajstić information content (AvgIpc) is 2.56. The van der Waals surface area contributed by atoms with Crippen molar-refractivity contribution < 1.29 is 4.42 Å². The molecule has 0 aliphatic carbocycles. The van der Waals surface area contributed by atoms with Gasteiger partial charge in [-0.15, -0.1) is 11.6 Å². The van der Waals surface area contributed by atoms with Crippen molar-refractivity contribution in [2.24, 2.45) is 0 Å². The maximum Gasteiger partial charge on any atom is 0.420 e. The molecule has 1 heterocycles. The van der Waals surface area contributed by atoms with Crippen LogP contribution in [0.3, 0.4) is 0 Å². The predicted octanol–water partition coefficient (Wildman–Crippen LogP) is 2.39. The molecule has 4 heteroatoms. The molecule has 0 unspecified atom stereocenters. The first kappa shape index (κ1) is 10.1. The fraction of sp³-hybridized carbons (Fsp3) is 0.182. The Kier molecular flexibility index (Phi) is 2.92. The van der Waals surface area contributed by atoms with Crippen LogP contribution in [0, 0.1) is 0 Å². The Hall–Kier alpha value is -1.48. The minimum Gasteiger partial charge on any atom is -0.408 e. The summed E-state index contributed by atoms with van der Waals surface area (Å²) in [4.78, 5) is 11.5. The maximum atomic E-state index is 11.5. The molecule has 0 bridgehead atoms. The quantitative estimate of drug-likeness (QED) is 0.592. The highest BCUT2D eigenvalue weighted by atomic mass is 35.5. The van der Waals surface area contributed by atoms with E-state index >= 15 is 0 Å². The van der Waals surface area contributed by atoms with Crippen molar-refractivity contribution in [1.82, 2.24) is 4.57 Å². The Morgan fingerprint density at radius 2 is 2.13 bits per heavy atom. The highest BCUT2D eigenvalue weighted by Crippen LogP contribution is 2.11. The van der Waals surface area contributed by atoms with Crippen LogP contribution >= 0.6 is 11.6 Å². The Morgan fingerprint density at radius 1 is 1.33 bits per heavy atom. The van der Waals surface area contributed by atoms with E-state index in [0.29, 0.717) is 18.0 Å². The summed E-state index contributed by atoms with van der Waals surface area (Å²) in [5.74, 6) is 0.111. The SMILES string of the molecule is O=c1oc2ccccc2n1C/C=C/CCl. The minimum atomic E-state index is -0.338. The lowest BCUT2D eigenvalue weighted by atomic mass is 10.3. The zero-order chi connectivity index (χ0) is 10.7. The van der Waals surface area contributed by atoms with Crippen LogP contribution in [0.2, 0.25) is 0 Å². The molecule has 78 valence electrons. The van der Waals surface area contributed by atoms with Gasteiger partial charge in [0.15, 0.2) is 5.58 Å². The molecule has 0 aliphatic heterocycles. The third kappa shape index (κ3) is 1.97. The van der Waals surface area contributed by atoms with Crippen LogP contribution in [-0.2, 0) is 6.54 Å². The normalized spacial score (nSPS) is 11.5. The monoisotopic (exact) mass is 223 g/mol. The van der Waals surface area contributed by atoms with Crippen molar-refractivity contribution in [2.45, 2.75) is 6.54 Å². The number of hydrogen-bond donors (Lipinski definition) is 0. The van der Waals surface area contributed by atoms with Gasteiger partial charge < -0.3 is 4.42 Å². The number of alkyl halides is 1. The molecular weight excluding hydrogens is 214 g/mol. The molecule has 3 nitrogen and oxygen atoms in total. The zero-order valence-electron chi connectivity index (χ0n) is 8.02. The lowest BCUT2D eigenvalue weighted by molar-refractivity contribution is 0.519. The largest absolute Gasteiger partial charge is 0.420 e. The molecule has 0 aliphatic rings.